The van der Waals surface area contributed by atoms with Crippen LogP contribution in [0.4, 0.5) is 11.4 Å². The Morgan fingerprint density at radius 2 is 1.83 bits per heavy atom. The van der Waals surface area contributed by atoms with E-state index < -0.39 is 31.9 Å². The molecule has 0 saturated carbocycles. The molecule has 1 aliphatic heterocycles. The molecular weight excluding hydrogens is 432 g/mol. The van der Waals surface area contributed by atoms with Gasteiger partial charge in [0, 0.05) is 5.69 Å². The average Bonchev–Trinajstić information content (AvgIpc) is 2.89. The number of nitrogens with one attached hydrogen (secondary N) is 1. The number of methoxy groups -OCH3 is 1. The van der Waals surface area contributed by atoms with Crippen LogP contribution in [0.2, 0.25) is 0 Å². The summed E-state index contributed by atoms with van der Waals surface area (Å²) in [5.74, 6) is -1.04. The van der Waals surface area contributed by atoms with E-state index in [1.54, 1.807) is 19.1 Å². The zero-order valence-electron chi connectivity index (χ0n) is 16.7. The van der Waals surface area contributed by atoms with Crippen molar-refractivity contribution in [1.29, 1.82) is 0 Å². The third kappa shape index (κ3) is 4.21. The quantitative estimate of drug-likeness (QED) is 0.681. The lowest BCUT2D eigenvalue weighted by atomic mass is 10.2. The van der Waals surface area contributed by atoms with Crippen molar-refractivity contribution in [3.63, 3.8) is 0 Å². The predicted octanol–water partition coefficient (Wildman–Crippen LogP) is 2.21. The van der Waals surface area contributed by atoms with Crippen molar-refractivity contribution in [2.75, 3.05) is 28.5 Å². The largest absolute Gasteiger partial charge is 0.497 e. The Hall–Kier alpha value is -2.79. The fourth-order valence-corrected chi connectivity index (χ4v) is 6.10. The molecule has 1 heterocycles. The first-order valence-electron chi connectivity index (χ1n) is 9.09. The van der Waals surface area contributed by atoms with Gasteiger partial charge in [0.25, 0.3) is 10.0 Å². The number of hydrogen-bond acceptors (Lipinski definition) is 7. The van der Waals surface area contributed by atoms with Crippen LogP contribution in [0.1, 0.15) is 13.8 Å². The molecule has 30 heavy (non-hydrogen) atoms. The molecule has 3 rings (SSSR count). The number of rotatable bonds is 7. The van der Waals surface area contributed by atoms with E-state index in [0.29, 0.717) is 10.1 Å². The predicted molar refractivity (Wildman–Crippen MR) is 112 cm³/mol. The minimum Gasteiger partial charge on any atom is -0.497 e. The van der Waals surface area contributed by atoms with Crippen LogP contribution in [0.5, 0.6) is 11.5 Å². The van der Waals surface area contributed by atoms with Crippen LogP contribution < -0.4 is 18.5 Å². The van der Waals surface area contributed by atoms with E-state index >= 15 is 0 Å². The molecule has 1 aliphatic rings. The van der Waals surface area contributed by atoms with Crippen LogP contribution >= 0.6 is 0 Å². The van der Waals surface area contributed by atoms with E-state index in [9.17, 15) is 21.6 Å². The number of hydrogen-bond donors (Lipinski definition) is 1. The molecule has 1 unspecified atom stereocenters. The lowest BCUT2D eigenvalue weighted by Crippen LogP contribution is -2.30. The lowest BCUT2D eigenvalue weighted by molar-refractivity contribution is -0.119. The number of carbonyl (C=O) groups is 1. The second-order valence-corrected chi connectivity index (χ2v) is 10.2. The summed E-state index contributed by atoms with van der Waals surface area (Å²) in [6, 6.07) is 10.1. The first kappa shape index (κ1) is 21.9. The van der Waals surface area contributed by atoms with Crippen molar-refractivity contribution >= 4 is 37.3 Å². The summed E-state index contributed by atoms with van der Waals surface area (Å²) in [4.78, 5) is 12.1. The Balaban J connectivity index is 2.05. The number of benzene rings is 2. The van der Waals surface area contributed by atoms with Gasteiger partial charge in [-0.15, -0.1) is 0 Å². The highest BCUT2D eigenvalue weighted by Crippen LogP contribution is 2.35. The maximum Gasteiger partial charge on any atom is 0.265 e. The topological polar surface area (TPSA) is 119 Å². The van der Waals surface area contributed by atoms with Crippen molar-refractivity contribution in [3.05, 3.63) is 42.5 Å². The first-order valence-corrected chi connectivity index (χ1v) is 12.2. The van der Waals surface area contributed by atoms with E-state index in [4.69, 9.17) is 9.47 Å². The van der Waals surface area contributed by atoms with Gasteiger partial charge in [-0.1, -0.05) is 6.92 Å². The molecule has 9 nitrogen and oxygen atoms in total. The molecule has 0 spiro atoms. The molecule has 0 aromatic heterocycles. The van der Waals surface area contributed by atoms with Gasteiger partial charge in [0.1, 0.15) is 16.4 Å². The first-order chi connectivity index (χ1) is 14.1. The summed E-state index contributed by atoms with van der Waals surface area (Å²) in [6.07, 6.45) is 0. The van der Waals surface area contributed by atoms with Crippen molar-refractivity contribution in [2.45, 2.75) is 18.7 Å². The maximum absolute atomic E-state index is 13.1. The second kappa shape index (κ2) is 8.15. The van der Waals surface area contributed by atoms with Gasteiger partial charge in [0.2, 0.25) is 15.9 Å². The van der Waals surface area contributed by atoms with Crippen LogP contribution in [-0.4, -0.2) is 42.2 Å². The van der Waals surface area contributed by atoms with Gasteiger partial charge < -0.3 is 9.47 Å². The summed E-state index contributed by atoms with van der Waals surface area (Å²) in [5, 5.41) is 0. The fourth-order valence-electron chi connectivity index (χ4n) is 3.06. The van der Waals surface area contributed by atoms with Gasteiger partial charge in [-0.25, -0.2) is 21.1 Å². The molecule has 162 valence electrons. The van der Waals surface area contributed by atoms with Gasteiger partial charge in [0.15, 0.2) is 0 Å². The summed E-state index contributed by atoms with van der Waals surface area (Å²) in [7, 11) is -6.54. The van der Waals surface area contributed by atoms with E-state index in [1.165, 1.54) is 38.3 Å². The van der Waals surface area contributed by atoms with Crippen LogP contribution in [0.25, 0.3) is 0 Å². The Labute approximate surface area is 175 Å². The molecule has 1 atom stereocenters. The van der Waals surface area contributed by atoms with Crippen LogP contribution in [0, 0.1) is 5.92 Å². The lowest BCUT2D eigenvalue weighted by Gasteiger charge is -2.19. The van der Waals surface area contributed by atoms with E-state index in [1.807, 2.05) is 0 Å². The van der Waals surface area contributed by atoms with Crippen LogP contribution in [0.15, 0.2) is 47.4 Å². The number of sulfonamides is 2. The van der Waals surface area contributed by atoms with Crippen LogP contribution in [-0.2, 0) is 24.8 Å². The smallest absolute Gasteiger partial charge is 0.265 e. The second-order valence-electron chi connectivity index (χ2n) is 6.68. The molecule has 0 aliphatic carbocycles. The normalized spacial score (nSPS) is 18.3. The highest BCUT2D eigenvalue weighted by Gasteiger charge is 2.42. The van der Waals surface area contributed by atoms with Gasteiger partial charge in [0.05, 0.1) is 31.1 Å². The molecule has 2 aromatic rings. The van der Waals surface area contributed by atoms with Crippen molar-refractivity contribution in [2.24, 2.45) is 5.92 Å². The van der Waals surface area contributed by atoms with Gasteiger partial charge in [-0.3, -0.25) is 9.52 Å². The highest BCUT2D eigenvalue weighted by atomic mass is 32.2. The average molecular weight is 455 g/mol. The highest BCUT2D eigenvalue weighted by molar-refractivity contribution is 7.94. The summed E-state index contributed by atoms with van der Waals surface area (Å²) in [5.41, 5.74) is 0.227. The number of carbonyl (C=O) groups excluding carboxylic acids is 1. The van der Waals surface area contributed by atoms with Gasteiger partial charge in [-0.05, 0) is 49.4 Å². The number of ether oxygens (including phenoxy) is 2. The fraction of sp³-hybridized carbons (Fsp3) is 0.316. The van der Waals surface area contributed by atoms with Crippen molar-refractivity contribution < 1.29 is 31.1 Å². The maximum atomic E-state index is 13.1. The van der Waals surface area contributed by atoms with Crippen LogP contribution in [0.3, 0.4) is 0 Å². The van der Waals surface area contributed by atoms with Gasteiger partial charge >= 0.3 is 0 Å². The van der Waals surface area contributed by atoms with Gasteiger partial charge in [-0.2, -0.15) is 0 Å². The molecule has 1 amide bonds. The minimum atomic E-state index is -4.15. The number of nitrogens with zero attached hydrogens (tertiary/aromatic N) is 1. The number of anilines is 2. The summed E-state index contributed by atoms with van der Waals surface area (Å²) >= 11 is 0. The Bertz CT molecular complexity index is 1160. The molecule has 0 bridgehead atoms. The van der Waals surface area contributed by atoms with Crippen molar-refractivity contribution in [1.82, 2.24) is 0 Å². The zero-order chi connectivity index (χ0) is 22.1. The monoisotopic (exact) mass is 454 g/mol. The summed E-state index contributed by atoms with van der Waals surface area (Å²) in [6.45, 7) is 3.40. The molecule has 0 radical (unpaired) electrons. The molecule has 11 heteroatoms. The third-order valence-corrected chi connectivity index (χ3v) is 7.72. The Morgan fingerprint density at radius 1 is 1.17 bits per heavy atom. The Morgan fingerprint density at radius 3 is 2.37 bits per heavy atom. The SMILES string of the molecule is CCOc1ccc(N2C(=O)C(C)CS2(=O)=O)cc1S(=O)(=O)Nc1ccc(OC)cc1. The molecular formula is C19H22N2O7S2. The minimum absolute atomic E-state index is 0.0411. The number of amides is 1. The standard InChI is InChI=1S/C19H22N2O7S2/c1-4-28-17-10-7-15(21-19(22)13(2)12-29(21,23)24)11-18(17)30(25,26)20-14-5-8-16(27-3)9-6-14/h5-11,13,20H,4,12H2,1-3H3. The van der Waals surface area contributed by atoms with E-state index in [2.05, 4.69) is 4.72 Å². The Kier molecular flexibility index (Phi) is 5.95. The summed E-state index contributed by atoms with van der Waals surface area (Å²) < 4.78 is 64.5. The molecule has 2 aromatic carbocycles. The third-order valence-electron chi connectivity index (χ3n) is 4.45. The zero-order valence-corrected chi connectivity index (χ0v) is 18.3. The van der Waals surface area contributed by atoms with Crippen molar-refractivity contribution in [3.8, 4) is 11.5 Å². The molecule has 1 saturated heterocycles. The van der Waals surface area contributed by atoms with E-state index in [-0.39, 0.29) is 34.4 Å². The molecule has 1 N–H and O–H groups in total. The molecule has 1 fully saturated rings. The van der Waals surface area contributed by atoms with E-state index in [0.717, 1.165) is 6.07 Å².